The molecule has 1 aromatic carbocycles. The second-order valence-electron chi connectivity index (χ2n) is 6.30. The summed E-state index contributed by atoms with van der Waals surface area (Å²) in [6.45, 7) is 3.52. The Morgan fingerprint density at radius 3 is 2.88 bits per heavy atom. The van der Waals surface area contributed by atoms with Gasteiger partial charge in [0, 0.05) is 19.6 Å². The Morgan fingerprint density at radius 1 is 1.24 bits per heavy atom. The summed E-state index contributed by atoms with van der Waals surface area (Å²) >= 11 is 0. The number of urea groups is 1. The van der Waals surface area contributed by atoms with Crippen LogP contribution in [0.2, 0.25) is 0 Å². The average molecular weight is 342 g/mol. The molecule has 132 valence electrons. The van der Waals surface area contributed by atoms with Gasteiger partial charge >= 0.3 is 6.03 Å². The van der Waals surface area contributed by atoms with Crippen molar-refractivity contribution in [3.05, 3.63) is 36.4 Å². The summed E-state index contributed by atoms with van der Waals surface area (Å²) in [6.07, 6.45) is 3.83. The smallest absolute Gasteiger partial charge is 0.322 e. The fraction of sp³-hybridized carbons (Fsp3) is 0.471. The lowest BCUT2D eigenvalue weighted by molar-refractivity contribution is 0.0118. The zero-order chi connectivity index (χ0) is 17.1. The highest BCUT2D eigenvalue weighted by Gasteiger charge is 2.31. The van der Waals surface area contributed by atoms with Crippen LogP contribution in [0.4, 0.5) is 16.2 Å². The van der Waals surface area contributed by atoms with Crippen molar-refractivity contribution < 1.29 is 9.53 Å². The Hall–Kier alpha value is -2.61. The molecule has 2 aromatic rings. The highest BCUT2D eigenvalue weighted by molar-refractivity contribution is 5.93. The summed E-state index contributed by atoms with van der Waals surface area (Å²) in [6, 6.07) is 7.58. The lowest BCUT2D eigenvalue weighted by atomic mass is 10.2. The molecule has 1 atom stereocenters. The van der Waals surface area contributed by atoms with E-state index in [0.717, 1.165) is 24.5 Å². The fourth-order valence-corrected chi connectivity index (χ4v) is 3.45. The second-order valence-corrected chi connectivity index (χ2v) is 6.30. The molecule has 1 aromatic heterocycles. The minimum atomic E-state index is -0.254. The first-order chi connectivity index (χ1) is 12.3. The third-order valence-electron chi connectivity index (χ3n) is 4.73. The third-order valence-corrected chi connectivity index (χ3v) is 4.73. The van der Waals surface area contributed by atoms with Crippen LogP contribution in [-0.4, -0.2) is 59.0 Å². The molecule has 2 aliphatic rings. The van der Waals surface area contributed by atoms with Crippen molar-refractivity contribution in [2.45, 2.75) is 18.9 Å². The molecular weight excluding hydrogens is 320 g/mol. The minimum Gasteiger partial charge on any atom is -0.377 e. The zero-order valence-corrected chi connectivity index (χ0v) is 14.0. The lowest BCUT2D eigenvalue weighted by Gasteiger charge is -2.34. The van der Waals surface area contributed by atoms with Crippen molar-refractivity contribution in [3.63, 3.8) is 0 Å². The summed E-state index contributed by atoms with van der Waals surface area (Å²) in [7, 11) is 0. The van der Waals surface area contributed by atoms with Gasteiger partial charge < -0.3 is 19.9 Å². The minimum absolute atomic E-state index is 0.142. The number of aromatic nitrogens is 3. The van der Waals surface area contributed by atoms with Crippen LogP contribution in [0.15, 0.2) is 30.6 Å². The van der Waals surface area contributed by atoms with Crippen LogP contribution < -0.4 is 10.2 Å². The molecule has 2 fully saturated rings. The molecule has 2 amide bonds. The maximum atomic E-state index is 12.9. The molecule has 2 aliphatic heterocycles. The van der Waals surface area contributed by atoms with E-state index in [9.17, 15) is 4.79 Å². The number of benzene rings is 1. The van der Waals surface area contributed by atoms with E-state index in [4.69, 9.17) is 4.74 Å². The summed E-state index contributed by atoms with van der Waals surface area (Å²) in [4.78, 5) is 21.2. The SMILES string of the molecule is O=C(Nc1ccccc1N1CCCC1)N1CCOCC1c1ncn[nH]1. The first-order valence-corrected chi connectivity index (χ1v) is 8.67. The molecule has 0 bridgehead atoms. The van der Waals surface area contributed by atoms with E-state index in [2.05, 4.69) is 31.5 Å². The van der Waals surface area contributed by atoms with E-state index in [1.807, 2.05) is 18.2 Å². The number of ether oxygens (including phenoxy) is 1. The van der Waals surface area contributed by atoms with Crippen LogP contribution in [0.3, 0.4) is 0 Å². The van der Waals surface area contributed by atoms with Crippen LogP contribution in [-0.2, 0) is 4.74 Å². The van der Waals surface area contributed by atoms with Gasteiger partial charge in [0.15, 0.2) is 0 Å². The van der Waals surface area contributed by atoms with Crippen LogP contribution in [0, 0.1) is 0 Å². The molecule has 1 unspecified atom stereocenters. The quantitative estimate of drug-likeness (QED) is 0.891. The number of aromatic amines is 1. The number of anilines is 2. The Kier molecular flexibility index (Phi) is 4.51. The Morgan fingerprint density at radius 2 is 2.08 bits per heavy atom. The van der Waals surface area contributed by atoms with Crippen LogP contribution >= 0.6 is 0 Å². The van der Waals surface area contributed by atoms with Gasteiger partial charge in [-0.25, -0.2) is 9.78 Å². The Bertz CT molecular complexity index is 714. The molecular formula is C17H22N6O2. The van der Waals surface area contributed by atoms with Crippen LogP contribution in [0.1, 0.15) is 24.7 Å². The summed E-state index contributed by atoms with van der Waals surface area (Å²) in [5.74, 6) is 0.641. The number of amides is 2. The van der Waals surface area contributed by atoms with Gasteiger partial charge in [-0.2, -0.15) is 5.10 Å². The number of para-hydroxylation sites is 2. The lowest BCUT2D eigenvalue weighted by Crippen LogP contribution is -2.46. The first-order valence-electron chi connectivity index (χ1n) is 8.67. The highest BCUT2D eigenvalue weighted by Crippen LogP contribution is 2.30. The molecule has 8 heteroatoms. The highest BCUT2D eigenvalue weighted by atomic mass is 16.5. The number of hydrogen-bond acceptors (Lipinski definition) is 5. The third kappa shape index (κ3) is 3.30. The van der Waals surface area contributed by atoms with E-state index in [-0.39, 0.29) is 12.1 Å². The second kappa shape index (κ2) is 7.10. The molecule has 25 heavy (non-hydrogen) atoms. The number of hydrogen-bond donors (Lipinski definition) is 2. The van der Waals surface area contributed by atoms with Gasteiger partial charge in [-0.3, -0.25) is 5.10 Å². The van der Waals surface area contributed by atoms with Crippen molar-refractivity contribution in [3.8, 4) is 0 Å². The normalized spacial score (nSPS) is 20.7. The van der Waals surface area contributed by atoms with Gasteiger partial charge in [-0.15, -0.1) is 0 Å². The number of carbonyl (C=O) groups is 1. The average Bonchev–Trinajstić information content (AvgIpc) is 3.36. The fourth-order valence-electron chi connectivity index (χ4n) is 3.45. The monoisotopic (exact) mass is 342 g/mol. The predicted octanol–water partition coefficient (Wildman–Crippen LogP) is 2.01. The number of carbonyl (C=O) groups excluding carboxylic acids is 1. The van der Waals surface area contributed by atoms with E-state index in [1.54, 1.807) is 4.90 Å². The molecule has 0 saturated carbocycles. The van der Waals surface area contributed by atoms with Gasteiger partial charge in [0.05, 0.1) is 24.6 Å². The number of H-pyrrole nitrogens is 1. The molecule has 2 N–H and O–H groups in total. The number of morpholine rings is 1. The number of nitrogens with one attached hydrogen (secondary N) is 2. The maximum absolute atomic E-state index is 12.9. The molecule has 8 nitrogen and oxygen atoms in total. The summed E-state index contributed by atoms with van der Waals surface area (Å²) in [5.41, 5.74) is 1.93. The molecule has 2 saturated heterocycles. The van der Waals surface area contributed by atoms with Gasteiger partial charge in [-0.05, 0) is 25.0 Å². The van der Waals surface area contributed by atoms with E-state index < -0.39 is 0 Å². The molecule has 0 aliphatic carbocycles. The number of rotatable bonds is 3. The Labute approximate surface area is 146 Å². The van der Waals surface area contributed by atoms with Crippen molar-refractivity contribution in [1.29, 1.82) is 0 Å². The van der Waals surface area contributed by atoms with Gasteiger partial charge in [-0.1, -0.05) is 12.1 Å². The van der Waals surface area contributed by atoms with Crippen molar-refractivity contribution >= 4 is 17.4 Å². The first kappa shape index (κ1) is 15.9. The molecule has 0 radical (unpaired) electrons. The summed E-state index contributed by atoms with van der Waals surface area (Å²) < 4.78 is 5.52. The van der Waals surface area contributed by atoms with E-state index in [1.165, 1.54) is 19.2 Å². The van der Waals surface area contributed by atoms with E-state index >= 15 is 0 Å². The largest absolute Gasteiger partial charge is 0.377 e. The zero-order valence-electron chi connectivity index (χ0n) is 14.0. The molecule has 0 spiro atoms. The van der Waals surface area contributed by atoms with Crippen molar-refractivity contribution in [2.24, 2.45) is 0 Å². The Balaban J connectivity index is 1.53. The topological polar surface area (TPSA) is 86.4 Å². The van der Waals surface area contributed by atoms with Crippen LogP contribution in [0.25, 0.3) is 0 Å². The van der Waals surface area contributed by atoms with Crippen molar-refractivity contribution in [1.82, 2.24) is 20.1 Å². The van der Waals surface area contributed by atoms with Crippen LogP contribution in [0.5, 0.6) is 0 Å². The van der Waals surface area contributed by atoms with E-state index in [0.29, 0.717) is 25.6 Å². The molecule has 4 rings (SSSR count). The summed E-state index contributed by atoms with van der Waals surface area (Å²) in [5, 5.41) is 9.80. The van der Waals surface area contributed by atoms with Crippen molar-refractivity contribution in [2.75, 3.05) is 43.1 Å². The maximum Gasteiger partial charge on any atom is 0.322 e. The standard InChI is InChI=1S/C17H22N6O2/c24-17(23-9-10-25-11-15(23)16-18-12-19-21-16)20-13-5-1-2-6-14(13)22-7-3-4-8-22/h1-2,5-6,12,15H,3-4,7-11H2,(H,20,24)(H,18,19,21). The predicted molar refractivity (Wildman–Crippen MR) is 93.6 cm³/mol. The van der Waals surface area contributed by atoms with Gasteiger partial charge in [0.1, 0.15) is 18.2 Å². The van der Waals surface area contributed by atoms with Gasteiger partial charge in [0.2, 0.25) is 0 Å². The number of nitrogens with zero attached hydrogens (tertiary/aromatic N) is 4. The van der Waals surface area contributed by atoms with Gasteiger partial charge in [0.25, 0.3) is 0 Å². The molecule has 3 heterocycles.